The lowest BCUT2D eigenvalue weighted by molar-refractivity contribution is 0.494. The van der Waals surface area contributed by atoms with Crippen LogP contribution in [0, 0.1) is 6.92 Å². The van der Waals surface area contributed by atoms with Crippen molar-refractivity contribution in [2.24, 2.45) is 0 Å². The summed E-state index contributed by atoms with van der Waals surface area (Å²) in [6, 6.07) is 6.81. The van der Waals surface area contributed by atoms with Crippen LogP contribution in [-0.2, 0) is 0 Å². The smallest absolute Gasteiger partial charge is 0.0435 e. The maximum Gasteiger partial charge on any atom is 0.0435 e. The molecule has 0 saturated heterocycles. The lowest BCUT2D eigenvalue weighted by Crippen LogP contribution is -2.22. The van der Waals surface area contributed by atoms with Gasteiger partial charge in [0.1, 0.15) is 0 Å². The molecule has 16 heavy (non-hydrogen) atoms. The molecule has 0 spiro atoms. The molecule has 0 radical (unpaired) electrons. The van der Waals surface area contributed by atoms with Crippen molar-refractivity contribution < 1.29 is 0 Å². The van der Waals surface area contributed by atoms with Crippen molar-refractivity contribution in [3.05, 3.63) is 34.3 Å². The minimum Gasteiger partial charge on any atom is -0.310 e. The number of nitrogens with one attached hydrogen (secondary N) is 1. The summed E-state index contributed by atoms with van der Waals surface area (Å²) in [5, 5.41) is 4.45. The normalized spacial score (nSPS) is 12.8. The highest BCUT2D eigenvalue weighted by molar-refractivity contribution is 6.31. The fourth-order valence-corrected chi connectivity index (χ4v) is 2.00. The molecule has 1 nitrogen and oxygen atoms in total. The largest absolute Gasteiger partial charge is 0.310 e. The minimum absolute atomic E-state index is 0.473. The summed E-state index contributed by atoms with van der Waals surface area (Å²) in [7, 11) is 0. The summed E-state index contributed by atoms with van der Waals surface area (Å²) in [6.07, 6.45) is 3.55. The molecule has 0 aliphatic rings. The van der Waals surface area contributed by atoms with Crippen LogP contribution >= 0.6 is 11.6 Å². The van der Waals surface area contributed by atoms with Gasteiger partial charge in [-0.3, -0.25) is 0 Å². The van der Waals surface area contributed by atoms with E-state index in [1.54, 1.807) is 0 Å². The zero-order valence-corrected chi connectivity index (χ0v) is 11.3. The van der Waals surface area contributed by atoms with Crippen LogP contribution in [0.3, 0.4) is 0 Å². The second kappa shape index (κ2) is 6.93. The predicted octanol–water partition coefficient (Wildman–Crippen LogP) is 4.49. The van der Waals surface area contributed by atoms with Crippen LogP contribution in [0.4, 0.5) is 0 Å². The predicted molar refractivity (Wildman–Crippen MR) is 72.1 cm³/mol. The van der Waals surface area contributed by atoms with Gasteiger partial charge in [0.2, 0.25) is 0 Å². The van der Waals surface area contributed by atoms with Gasteiger partial charge in [0.05, 0.1) is 0 Å². The first kappa shape index (κ1) is 13.5. The molecule has 2 heteroatoms. The highest BCUT2D eigenvalue weighted by atomic mass is 35.5. The Hall–Kier alpha value is -0.530. The molecular formula is C14H22ClN. The first-order valence-corrected chi connectivity index (χ1v) is 6.56. The first-order chi connectivity index (χ1) is 7.69. The number of hydrogen-bond acceptors (Lipinski definition) is 1. The zero-order valence-electron chi connectivity index (χ0n) is 10.5. The fourth-order valence-electron chi connectivity index (χ4n) is 1.88. The summed E-state index contributed by atoms with van der Waals surface area (Å²) < 4.78 is 0. The topological polar surface area (TPSA) is 12.0 Å². The third-order valence-electron chi connectivity index (χ3n) is 2.80. The Morgan fingerprint density at radius 2 is 2.00 bits per heavy atom. The monoisotopic (exact) mass is 239 g/mol. The fraction of sp³-hybridized carbons (Fsp3) is 0.571. The Labute approximate surface area is 104 Å². The Morgan fingerprint density at radius 3 is 2.56 bits per heavy atom. The Balaban J connectivity index is 2.78. The molecule has 0 saturated carbocycles. The van der Waals surface area contributed by atoms with E-state index in [9.17, 15) is 0 Å². The second-order valence-corrected chi connectivity index (χ2v) is 4.71. The van der Waals surface area contributed by atoms with E-state index in [1.165, 1.54) is 30.4 Å². The maximum atomic E-state index is 6.05. The average molecular weight is 240 g/mol. The van der Waals surface area contributed by atoms with Crippen molar-refractivity contribution in [3.8, 4) is 0 Å². The van der Waals surface area contributed by atoms with E-state index >= 15 is 0 Å². The van der Waals surface area contributed by atoms with Crippen LogP contribution in [0.5, 0.6) is 0 Å². The first-order valence-electron chi connectivity index (χ1n) is 6.18. The lowest BCUT2D eigenvalue weighted by atomic mass is 10.0. The van der Waals surface area contributed by atoms with Gasteiger partial charge in [-0.15, -0.1) is 0 Å². The van der Waals surface area contributed by atoms with Crippen LogP contribution in [0.25, 0.3) is 0 Å². The van der Waals surface area contributed by atoms with E-state index in [2.05, 4.69) is 38.2 Å². The Morgan fingerprint density at radius 1 is 1.25 bits per heavy atom. The van der Waals surface area contributed by atoms with Crippen molar-refractivity contribution >= 4 is 11.6 Å². The summed E-state index contributed by atoms with van der Waals surface area (Å²) in [4.78, 5) is 0. The van der Waals surface area contributed by atoms with Gasteiger partial charge in [0, 0.05) is 11.1 Å². The summed E-state index contributed by atoms with van der Waals surface area (Å²) in [5.41, 5.74) is 2.52. The summed E-state index contributed by atoms with van der Waals surface area (Å²) >= 11 is 6.05. The van der Waals surface area contributed by atoms with Crippen LogP contribution in [0.2, 0.25) is 5.02 Å². The molecule has 0 amide bonds. The van der Waals surface area contributed by atoms with Gasteiger partial charge < -0.3 is 5.32 Å². The maximum absolute atomic E-state index is 6.05. The van der Waals surface area contributed by atoms with Gasteiger partial charge in [-0.05, 0) is 43.5 Å². The number of hydrogen-bond donors (Lipinski definition) is 1. The molecule has 0 aliphatic carbocycles. The van der Waals surface area contributed by atoms with Crippen LogP contribution in [-0.4, -0.2) is 6.54 Å². The molecule has 1 N–H and O–H groups in total. The van der Waals surface area contributed by atoms with Crippen molar-refractivity contribution in [1.82, 2.24) is 5.32 Å². The highest BCUT2D eigenvalue weighted by Gasteiger charge is 2.10. The molecule has 1 aromatic carbocycles. The van der Waals surface area contributed by atoms with Gasteiger partial charge >= 0.3 is 0 Å². The molecule has 0 aliphatic heterocycles. The molecule has 1 atom stereocenters. The number of benzene rings is 1. The highest BCUT2D eigenvalue weighted by Crippen LogP contribution is 2.23. The SMILES string of the molecule is CCCNC(CCC)c1ccc(Cl)c(C)c1. The lowest BCUT2D eigenvalue weighted by Gasteiger charge is -2.19. The quantitative estimate of drug-likeness (QED) is 0.771. The Kier molecular flexibility index (Phi) is 5.86. The van der Waals surface area contributed by atoms with E-state index in [0.29, 0.717) is 6.04 Å². The van der Waals surface area contributed by atoms with Gasteiger partial charge in [0.15, 0.2) is 0 Å². The van der Waals surface area contributed by atoms with Crippen molar-refractivity contribution in [2.75, 3.05) is 6.54 Å². The molecular weight excluding hydrogens is 218 g/mol. The summed E-state index contributed by atoms with van der Waals surface area (Å²) in [5.74, 6) is 0. The second-order valence-electron chi connectivity index (χ2n) is 4.30. The molecule has 1 rings (SSSR count). The van der Waals surface area contributed by atoms with E-state index < -0.39 is 0 Å². The Bertz CT molecular complexity index is 323. The zero-order chi connectivity index (χ0) is 12.0. The number of aryl methyl sites for hydroxylation is 1. The summed E-state index contributed by atoms with van der Waals surface area (Å²) in [6.45, 7) is 7.56. The van der Waals surface area contributed by atoms with Gasteiger partial charge in [0.25, 0.3) is 0 Å². The van der Waals surface area contributed by atoms with E-state index in [-0.39, 0.29) is 0 Å². The molecule has 1 aromatic rings. The van der Waals surface area contributed by atoms with Gasteiger partial charge in [-0.2, -0.15) is 0 Å². The van der Waals surface area contributed by atoms with E-state index in [0.717, 1.165) is 11.6 Å². The van der Waals surface area contributed by atoms with Gasteiger partial charge in [-0.1, -0.05) is 44.0 Å². The standard InChI is InChI=1S/C14H22ClN/c1-4-6-14(16-9-5-2)12-7-8-13(15)11(3)10-12/h7-8,10,14,16H,4-6,9H2,1-3H3. The van der Waals surface area contributed by atoms with Crippen molar-refractivity contribution in [3.63, 3.8) is 0 Å². The van der Waals surface area contributed by atoms with Crippen LogP contribution < -0.4 is 5.32 Å². The molecule has 0 bridgehead atoms. The van der Waals surface area contributed by atoms with E-state index in [4.69, 9.17) is 11.6 Å². The minimum atomic E-state index is 0.473. The molecule has 0 aromatic heterocycles. The number of rotatable bonds is 6. The van der Waals surface area contributed by atoms with Crippen molar-refractivity contribution in [2.45, 2.75) is 46.1 Å². The van der Waals surface area contributed by atoms with E-state index in [1.807, 2.05) is 6.07 Å². The third-order valence-corrected chi connectivity index (χ3v) is 3.23. The molecule has 0 fully saturated rings. The van der Waals surface area contributed by atoms with Gasteiger partial charge in [-0.25, -0.2) is 0 Å². The van der Waals surface area contributed by atoms with Crippen LogP contribution in [0.15, 0.2) is 18.2 Å². The molecule has 1 unspecified atom stereocenters. The van der Waals surface area contributed by atoms with Crippen LogP contribution in [0.1, 0.15) is 50.3 Å². The number of halogens is 1. The average Bonchev–Trinajstić information content (AvgIpc) is 2.28. The third kappa shape index (κ3) is 3.80. The molecule has 90 valence electrons. The van der Waals surface area contributed by atoms with Crippen molar-refractivity contribution in [1.29, 1.82) is 0 Å². The molecule has 0 heterocycles.